The molecule has 3 aliphatic rings. The average Bonchev–Trinajstić information content (AvgIpc) is 2.36. The number of carbonyl (C=O) groups excluding carboxylic acids is 1. The Bertz CT molecular complexity index is 421. The monoisotopic (exact) mass is 230 g/mol. The first-order valence-electron chi connectivity index (χ1n) is 6.37. The predicted octanol–water partition coefficient (Wildman–Crippen LogP) is 1.68. The van der Waals surface area contributed by atoms with Crippen molar-refractivity contribution in [1.29, 1.82) is 0 Å². The van der Waals surface area contributed by atoms with Gasteiger partial charge in [-0.1, -0.05) is 13.0 Å². The van der Waals surface area contributed by atoms with Gasteiger partial charge in [0.25, 0.3) is 0 Å². The Kier molecular flexibility index (Phi) is 2.51. The number of pyridine rings is 1. The molecule has 0 aromatic carbocycles. The van der Waals surface area contributed by atoms with Gasteiger partial charge in [-0.3, -0.25) is 14.7 Å². The van der Waals surface area contributed by atoms with E-state index < -0.39 is 0 Å². The minimum Gasteiger partial charge on any atom is -0.297 e. The molecule has 1 aromatic rings. The number of nitrogens with zero attached hydrogens (tertiary/aromatic N) is 2. The minimum atomic E-state index is -0.0613. The van der Waals surface area contributed by atoms with Crippen LogP contribution in [0.5, 0.6) is 0 Å². The number of hydrogen-bond donors (Lipinski definition) is 0. The first-order valence-corrected chi connectivity index (χ1v) is 6.37. The third kappa shape index (κ3) is 1.78. The van der Waals surface area contributed by atoms with Crippen LogP contribution in [0.3, 0.4) is 0 Å². The van der Waals surface area contributed by atoms with Crippen molar-refractivity contribution in [2.75, 3.05) is 13.1 Å². The summed E-state index contributed by atoms with van der Waals surface area (Å²) in [7, 11) is 0. The molecular formula is C14H18N2O. The number of carbonyl (C=O) groups is 1. The Morgan fingerprint density at radius 3 is 2.82 bits per heavy atom. The molecule has 4 rings (SSSR count). The van der Waals surface area contributed by atoms with Gasteiger partial charge < -0.3 is 0 Å². The summed E-state index contributed by atoms with van der Waals surface area (Å²) in [5, 5.41) is 0. The maximum Gasteiger partial charge on any atom is 0.156 e. The van der Waals surface area contributed by atoms with Crippen LogP contribution in [0.2, 0.25) is 0 Å². The first kappa shape index (κ1) is 10.9. The van der Waals surface area contributed by atoms with Crippen molar-refractivity contribution in [3.05, 3.63) is 30.1 Å². The molecule has 0 aliphatic carbocycles. The standard InChI is InChI=1S/C14H18N2O/c1-14-5-8-16(9-6-14)12(13(14)17)10-11-4-2-3-7-15-11/h2-4,7,12H,5-6,8-10H2,1H3. The zero-order chi connectivity index (χ0) is 11.9. The third-order valence-electron chi connectivity index (χ3n) is 4.37. The quantitative estimate of drug-likeness (QED) is 0.775. The number of hydrogen-bond acceptors (Lipinski definition) is 3. The molecule has 0 amide bonds. The fraction of sp³-hybridized carbons (Fsp3) is 0.571. The SMILES string of the molecule is CC12CCN(CC1)C(Cc1ccccn1)C2=O. The molecule has 0 spiro atoms. The Balaban J connectivity index is 1.82. The number of fused-ring (bicyclic) bond motifs is 3. The van der Waals surface area contributed by atoms with Crippen molar-refractivity contribution in [3.63, 3.8) is 0 Å². The van der Waals surface area contributed by atoms with Gasteiger partial charge in [-0.2, -0.15) is 0 Å². The summed E-state index contributed by atoms with van der Waals surface area (Å²) < 4.78 is 0. The van der Waals surface area contributed by atoms with Crippen LogP contribution in [-0.4, -0.2) is 34.8 Å². The van der Waals surface area contributed by atoms with E-state index in [9.17, 15) is 4.79 Å². The number of rotatable bonds is 2. The zero-order valence-electron chi connectivity index (χ0n) is 10.2. The molecule has 90 valence electrons. The van der Waals surface area contributed by atoms with Crippen LogP contribution in [0, 0.1) is 5.41 Å². The second-order valence-corrected chi connectivity index (χ2v) is 5.50. The second kappa shape index (κ2) is 3.91. The lowest BCUT2D eigenvalue weighted by molar-refractivity contribution is -0.145. The smallest absolute Gasteiger partial charge is 0.156 e. The van der Waals surface area contributed by atoms with E-state index in [1.165, 1.54) is 0 Å². The minimum absolute atomic E-state index is 0.0613. The van der Waals surface area contributed by atoms with Crippen LogP contribution in [0.15, 0.2) is 24.4 Å². The van der Waals surface area contributed by atoms with E-state index in [-0.39, 0.29) is 11.5 Å². The molecule has 0 N–H and O–H groups in total. The van der Waals surface area contributed by atoms with E-state index in [1.54, 1.807) is 6.20 Å². The molecule has 1 unspecified atom stereocenters. The molecule has 17 heavy (non-hydrogen) atoms. The number of ketones is 1. The molecule has 3 fully saturated rings. The van der Waals surface area contributed by atoms with Crippen molar-refractivity contribution in [2.24, 2.45) is 5.41 Å². The van der Waals surface area contributed by atoms with Crippen LogP contribution < -0.4 is 0 Å². The van der Waals surface area contributed by atoms with Gasteiger partial charge in [0.05, 0.1) is 6.04 Å². The van der Waals surface area contributed by atoms with E-state index >= 15 is 0 Å². The predicted molar refractivity (Wildman–Crippen MR) is 65.7 cm³/mol. The van der Waals surface area contributed by atoms with Crippen LogP contribution in [0.4, 0.5) is 0 Å². The van der Waals surface area contributed by atoms with Crippen molar-refractivity contribution < 1.29 is 4.79 Å². The number of piperidine rings is 3. The molecule has 1 atom stereocenters. The molecule has 3 saturated heterocycles. The van der Waals surface area contributed by atoms with E-state index in [1.807, 2.05) is 18.2 Å². The van der Waals surface area contributed by atoms with Crippen molar-refractivity contribution in [2.45, 2.75) is 32.2 Å². The first-order chi connectivity index (χ1) is 8.19. The summed E-state index contributed by atoms with van der Waals surface area (Å²) >= 11 is 0. The summed E-state index contributed by atoms with van der Waals surface area (Å²) in [6, 6.07) is 5.99. The van der Waals surface area contributed by atoms with Gasteiger partial charge in [-0.25, -0.2) is 0 Å². The zero-order valence-corrected chi connectivity index (χ0v) is 10.2. The molecule has 0 radical (unpaired) electrons. The lowest BCUT2D eigenvalue weighted by Gasteiger charge is -2.49. The highest BCUT2D eigenvalue weighted by molar-refractivity contribution is 5.91. The van der Waals surface area contributed by atoms with Crippen LogP contribution in [-0.2, 0) is 11.2 Å². The molecule has 1 aromatic heterocycles. The second-order valence-electron chi connectivity index (χ2n) is 5.50. The van der Waals surface area contributed by atoms with Gasteiger partial charge in [0.2, 0.25) is 0 Å². The highest BCUT2D eigenvalue weighted by atomic mass is 16.1. The Morgan fingerprint density at radius 2 is 2.18 bits per heavy atom. The summed E-state index contributed by atoms with van der Waals surface area (Å²) in [6.07, 6.45) is 4.64. The summed E-state index contributed by atoms with van der Waals surface area (Å²) in [5.74, 6) is 0.431. The Labute approximate surface area is 102 Å². The number of Topliss-reactive ketones (excluding diaryl/α,β-unsaturated/α-hetero) is 1. The Morgan fingerprint density at radius 1 is 1.41 bits per heavy atom. The highest BCUT2D eigenvalue weighted by Crippen LogP contribution is 2.40. The van der Waals surface area contributed by atoms with Crippen LogP contribution in [0.1, 0.15) is 25.5 Å². The van der Waals surface area contributed by atoms with E-state index in [2.05, 4.69) is 16.8 Å². The summed E-state index contributed by atoms with van der Waals surface area (Å²) in [4.78, 5) is 19.1. The third-order valence-corrected chi connectivity index (χ3v) is 4.37. The normalized spacial score (nSPS) is 36.2. The number of aromatic nitrogens is 1. The van der Waals surface area contributed by atoms with Crippen LogP contribution in [0.25, 0.3) is 0 Å². The average molecular weight is 230 g/mol. The molecule has 0 saturated carbocycles. The topological polar surface area (TPSA) is 33.2 Å². The Hall–Kier alpha value is -1.22. The van der Waals surface area contributed by atoms with Gasteiger partial charge in [0.1, 0.15) is 0 Å². The molecule has 4 heterocycles. The molecule has 2 bridgehead atoms. The van der Waals surface area contributed by atoms with E-state index in [0.717, 1.165) is 38.0 Å². The lowest BCUT2D eigenvalue weighted by Crippen LogP contribution is -2.60. The maximum absolute atomic E-state index is 12.4. The van der Waals surface area contributed by atoms with Gasteiger partial charge in [0, 0.05) is 23.7 Å². The van der Waals surface area contributed by atoms with Crippen molar-refractivity contribution >= 4 is 5.78 Å². The molecule has 3 heteroatoms. The van der Waals surface area contributed by atoms with Gasteiger partial charge >= 0.3 is 0 Å². The van der Waals surface area contributed by atoms with Crippen molar-refractivity contribution in [1.82, 2.24) is 9.88 Å². The molecule has 3 nitrogen and oxygen atoms in total. The molecular weight excluding hydrogens is 212 g/mol. The largest absolute Gasteiger partial charge is 0.297 e. The summed E-state index contributed by atoms with van der Waals surface area (Å²) in [6.45, 7) is 4.27. The van der Waals surface area contributed by atoms with Crippen LogP contribution >= 0.6 is 0 Å². The molecule has 3 aliphatic heterocycles. The fourth-order valence-corrected chi connectivity index (χ4v) is 3.08. The van der Waals surface area contributed by atoms with E-state index in [0.29, 0.717) is 5.78 Å². The lowest BCUT2D eigenvalue weighted by atomic mass is 9.69. The van der Waals surface area contributed by atoms with E-state index in [4.69, 9.17) is 0 Å². The van der Waals surface area contributed by atoms with Crippen molar-refractivity contribution in [3.8, 4) is 0 Å². The highest BCUT2D eigenvalue weighted by Gasteiger charge is 2.48. The maximum atomic E-state index is 12.4. The van der Waals surface area contributed by atoms with Gasteiger partial charge in [-0.05, 0) is 38.1 Å². The van der Waals surface area contributed by atoms with Gasteiger partial charge in [-0.15, -0.1) is 0 Å². The summed E-state index contributed by atoms with van der Waals surface area (Å²) in [5.41, 5.74) is 0.968. The van der Waals surface area contributed by atoms with Gasteiger partial charge in [0.15, 0.2) is 5.78 Å². The fourth-order valence-electron chi connectivity index (χ4n) is 3.08.